The van der Waals surface area contributed by atoms with Gasteiger partial charge in [0.15, 0.2) is 11.6 Å². The van der Waals surface area contributed by atoms with Gasteiger partial charge in [0.05, 0.1) is 7.11 Å². The van der Waals surface area contributed by atoms with Gasteiger partial charge in [0.2, 0.25) is 0 Å². The monoisotopic (exact) mass is 288 g/mol. The number of nitrogens with one attached hydrogen (secondary N) is 1. The molecule has 0 aliphatic heterocycles. The molecule has 4 heteroatoms. The number of nitrogens with two attached hydrogens (primary N) is 1. The Morgan fingerprint density at radius 3 is 2.33 bits per heavy atom. The molecule has 0 spiro atoms. The summed E-state index contributed by atoms with van der Waals surface area (Å²) in [5.41, 5.74) is 6.04. The van der Waals surface area contributed by atoms with Gasteiger partial charge in [-0.25, -0.2) is 4.39 Å². The molecule has 0 radical (unpaired) electrons. The number of hydrogen-bond donors (Lipinski definition) is 2. The molecular formula is C17H21FN2O. The van der Waals surface area contributed by atoms with Crippen molar-refractivity contribution in [2.75, 3.05) is 7.11 Å². The number of halogens is 1. The second-order valence-electron chi connectivity index (χ2n) is 4.99. The lowest BCUT2D eigenvalue weighted by atomic mass is 9.98. The average molecular weight is 288 g/mol. The first-order valence-corrected chi connectivity index (χ1v) is 7.05. The summed E-state index contributed by atoms with van der Waals surface area (Å²) in [4.78, 5) is 0. The molecule has 0 aromatic heterocycles. The zero-order chi connectivity index (χ0) is 15.2. The van der Waals surface area contributed by atoms with Crippen LogP contribution < -0.4 is 16.0 Å². The third kappa shape index (κ3) is 3.80. The standard InChI is InChI=1S/C17H21FN2O/c1-3-12-4-7-14(8-5-12)16(20-19)11-13-6-9-17(21-2)15(18)10-13/h4-10,16,20H,3,11,19H2,1-2H3. The van der Waals surface area contributed by atoms with E-state index in [9.17, 15) is 4.39 Å². The lowest BCUT2D eigenvalue weighted by Gasteiger charge is -2.17. The highest BCUT2D eigenvalue weighted by Gasteiger charge is 2.12. The minimum absolute atomic E-state index is 0.0521. The Labute approximate surface area is 124 Å². The molecule has 0 amide bonds. The van der Waals surface area contributed by atoms with Crippen LogP contribution in [-0.4, -0.2) is 7.11 Å². The van der Waals surface area contributed by atoms with E-state index in [0.717, 1.165) is 17.5 Å². The van der Waals surface area contributed by atoms with Crippen molar-refractivity contribution in [2.45, 2.75) is 25.8 Å². The number of rotatable bonds is 6. The predicted octanol–water partition coefficient (Wildman–Crippen LogP) is 3.14. The van der Waals surface area contributed by atoms with Gasteiger partial charge in [0, 0.05) is 6.04 Å². The second-order valence-corrected chi connectivity index (χ2v) is 4.99. The molecular weight excluding hydrogens is 267 g/mol. The average Bonchev–Trinajstić information content (AvgIpc) is 2.53. The van der Waals surface area contributed by atoms with E-state index in [2.05, 4.69) is 36.6 Å². The van der Waals surface area contributed by atoms with Gasteiger partial charge in [-0.05, 0) is 41.7 Å². The van der Waals surface area contributed by atoms with Gasteiger partial charge in [-0.1, -0.05) is 37.3 Å². The lowest BCUT2D eigenvalue weighted by molar-refractivity contribution is 0.386. The summed E-state index contributed by atoms with van der Waals surface area (Å²) in [7, 11) is 1.46. The molecule has 0 saturated heterocycles. The smallest absolute Gasteiger partial charge is 0.165 e. The van der Waals surface area contributed by atoms with Crippen molar-refractivity contribution >= 4 is 0 Å². The molecule has 1 unspecified atom stereocenters. The first-order chi connectivity index (χ1) is 10.2. The van der Waals surface area contributed by atoms with Crippen molar-refractivity contribution in [1.29, 1.82) is 0 Å². The Hall–Kier alpha value is -1.91. The van der Waals surface area contributed by atoms with Crippen LogP contribution in [0.15, 0.2) is 42.5 Å². The number of methoxy groups -OCH3 is 1. The molecule has 1 atom stereocenters. The Morgan fingerprint density at radius 2 is 1.81 bits per heavy atom. The van der Waals surface area contributed by atoms with Crippen molar-refractivity contribution in [3.05, 3.63) is 65.0 Å². The number of ether oxygens (including phenoxy) is 1. The molecule has 2 aromatic rings. The van der Waals surface area contributed by atoms with Crippen LogP contribution in [0.25, 0.3) is 0 Å². The summed E-state index contributed by atoms with van der Waals surface area (Å²) in [5.74, 6) is 5.55. The molecule has 0 bridgehead atoms. The van der Waals surface area contributed by atoms with Gasteiger partial charge in [-0.15, -0.1) is 0 Å². The van der Waals surface area contributed by atoms with E-state index < -0.39 is 0 Å². The third-order valence-corrected chi connectivity index (χ3v) is 3.65. The largest absolute Gasteiger partial charge is 0.494 e. The van der Waals surface area contributed by atoms with Crippen LogP contribution in [-0.2, 0) is 12.8 Å². The topological polar surface area (TPSA) is 47.3 Å². The highest BCUT2D eigenvalue weighted by molar-refractivity contribution is 5.32. The summed E-state index contributed by atoms with van der Waals surface area (Å²) in [5, 5.41) is 0. The maximum atomic E-state index is 13.7. The van der Waals surface area contributed by atoms with Crippen LogP contribution in [0.4, 0.5) is 4.39 Å². The third-order valence-electron chi connectivity index (χ3n) is 3.65. The van der Waals surface area contributed by atoms with Crippen LogP contribution in [0.3, 0.4) is 0 Å². The fourth-order valence-corrected chi connectivity index (χ4v) is 2.33. The molecule has 0 aliphatic carbocycles. The Balaban J connectivity index is 2.16. The number of hydrazine groups is 1. The van der Waals surface area contributed by atoms with Gasteiger partial charge < -0.3 is 4.74 Å². The van der Waals surface area contributed by atoms with E-state index in [-0.39, 0.29) is 17.6 Å². The molecule has 3 N–H and O–H groups in total. The van der Waals surface area contributed by atoms with Crippen molar-refractivity contribution in [3.8, 4) is 5.75 Å². The van der Waals surface area contributed by atoms with Crippen LogP contribution in [0.2, 0.25) is 0 Å². The van der Waals surface area contributed by atoms with Crippen LogP contribution in [0, 0.1) is 5.82 Å². The van der Waals surface area contributed by atoms with E-state index in [1.54, 1.807) is 6.07 Å². The Morgan fingerprint density at radius 1 is 1.14 bits per heavy atom. The lowest BCUT2D eigenvalue weighted by Crippen LogP contribution is -2.29. The van der Waals surface area contributed by atoms with Crippen LogP contribution in [0.1, 0.15) is 29.7 Å². The van der Waals surface area contributed by atoms with E-state index in [1.807, 2.05) is 6.07 Å². The van der Waals surface area contributed by atoms with E-state index in [1.165, 1.54) is 18.7 Å². The second kappa shape index (κ2) is 7.20. The molecule has 2 rings (SSSR count). The molecule has 0 saturated carbocycles. The summed E-state index contributed by atoms with van der Waals surface area (Å²) in [6, 6.07) is 13.2. The maximum Gasteiger partial charge on any atom is 0.165 e. The van der Waals surface area contributed by atoms with Gasteiger partial charge in [0.1, 0.15) is 0 Å². The quantitative estimate of drug-likeness (QED) is 0.634. The van der Waals surface area contributed by atoms with Crippen molar-refractivity contribution in [3.63, 3.8) is 0 Å². The molecule has 112 valence electrons. The number of aryl methyl sites for hydroxylation is 1. The van der Waals surface area contributed by atoms with Crippen LogP contribution >= 0.6 is 0 Å². The first kappa shape index (κ1) is 15.5. The minimum Gasteiger partial charge on any atom is -0.494 e. The zero-order valence-corrected chi connectivity index (χ0v) is 12.4. The van der Waals surface area contributed by atoms with Gasteiger partial charge in [0.25, 0.3) is 0 Å². The molecule has 21 heavy (non-hydrogen) atoms. The van der Waals surface area contributed by atoms with E-state index in [0.29, 0.717) is 6.42 Å². The minimum atomic E-state index is -0.355. The van der Waals surface area contributed by atoms with Crippen LogP contribution in [0.5, 0.6) is 5.75 Å². The molecule has 0 heterocycles. The van der Waals surface area contributed by atoms with E-state index in [4.69, 9.17) is 10.6 Å². The SMILES string of the molecule is CCc1ccc(C(Cc2ccc(OC)c(F)c2)NN)cc1. The normalized spacial score (nSPS) is 12.2. The summed E-state index contributed by atoms with van der Waals surface area (Å²) < 4.78 is 18.7. The zero-order valence-electron chi connectivity index (χ0n) is 12.4. The van der Waals surface area contributed by atoms with Gasteiger partial charge in [-0.3, -0.25) is 11.3 Å². The van der Waals surface area contributed by atoms with Crippen molar-refractivity contribution in [2.24, 2.45) is 5.84 Å². The number of benzene rings is 2. The predicted molar refractivity (Wildman–Crippen MR) is 82.5 cm³/mol. The highest BCUT2D eigenvalue weighted by atomic mass is 19.1. The molecule has 0 aliphatic rings. The Kier molecular flexibility index (Phi) is 5.31. The van der Waals surface area contributed by atoms with Crippen molar-refractivity contribution < 1.29 is 9.13 Å². The van der Waals surface area contributed by atoms with E-state index >= 15 is 0 Å². The summed E-state index contributed by atoms with van der Waals surface area (Å²) in [6.45, 7) is 2.12. The maximum absolute atomic E-state index is 13.7. The highest BCUT2D eigenvalue weighted by Crippen LogP contribution is 2.22. The fraction of sp³-hybridized carbons (Fsp3) is 0.294. The van der Waals surface area contributed by atoms with Gasteiger partial charge in [-0.2, -0.15) is 0 Å². The Bertz CT molecular complexity index is 584. The molecule has 2 aromatic carbocycles. The summed E-state index contributed by atoms with van der Waals surface area (Å²) in [6.07, 6.45) is 1.62. The number of hydrogen-bond acceptors (Lipinski definition) is 3. The first-order valence-electron chi connectivity index (χ1n) is 7.05. The fourth-order valence-electron chi connectivity index (χ4n) is 2.33. The van der Waals surface area contributed by atoms with Crippen molar-refractivity contribution in [1.82, 2.24) is 5.43 Å². The molecule has 3 nitrogen and oxygen atoms in total. The molecule has 0 fully saturated rings. The van der Waals surface area contributed by atoms with Gasteiger partial charge >= 0.3 is 0 Å². The summed E-state index contributed by atoms with van der Waals surface area (Å²) >= 11 is 0.